The number of nitrogens with two attached hydrogens (primary N) is 1. The summed E-state index contributed by atoms with van der Waals surface area (Å²) in [5, 5.41) is 0.323. The standard InChI is InChI=1S/C27H30ClN5O2/c1-30(2)20-11-13-31(14-12-20)27(35)25-10-8-21-17-33(24-6-4-3-5-18(24)16-32(21)25)26(34)22-9-7-19(29)15-23(22)28/h3-10,15,20H,11-14,16-17,29H2,1-2H3. The van der Waals surface area contributed by atoms with Crippen LogP contribution in [0.2, 0.25) is 5.02 Å². The number of piperidine rings is 1. The smallest absolute Gasteiger partial charge is 0.270 e. The summed E-state index contributed by atoms with van der Waals surface area (Å²) in [6, 6.07) is 17.1. The van der Waals surface area contributed by atoms with Gasteiger partial charge in [0.25, 0.3) is 11.8 Å². The maximum Gasteiger partial charge on any atom is 0.270 e. The minimum atomic E-state index is -0.198. The third kappa shape index (κ3) is 4.42. The Labute approximate surface area is 210 Å². The van der Waals surface area contributed by atoms with Gasteiger partial charge in [-0.25, -0.2) is 0 Å². The summed E-state index contributed by atoms with van der Waals surface area (Å²) in [5.41, 5.74) is 10.1. The highest BCUT2D eigenvalue weighted by Crippen LogP contribution is 2.32. The zero-order valence-electron chi connectivity index (χ0n) is 20.1. The molecule has 2 amide bonds. The number of likely N-dealkylation sites (tertiary alicyclic amines) is 1. The second-order valence-corrected chi connectivity index (χ2v) is 9.95. The molecule has 1 fully saturated rings. The minimum absolute atomic E-state index is 0.0484. The summed E-state index contributed by atoms with van der Waals surface area (Å²) in [7, 11) is 4.19. The SMILES string of the molecule is CN(C)C1CCN(C(=O)c2ccc3n2Cc2ccccc2N(C(=O)c2ccc(N)cc2Cl)C3)CC1. The van der Waals surface area contributed by atoms with Gasteiger partial charge in [-0.3, -0.25) is 9.59 Å². The number of para-hydroxylation sites is 1. The number of benzene rings is 2. The number of amides is 2. The van der Waals surface area contributed by atoms with Crippen LogP contribution in [0.15, 0.2) is 54.6 Å². The highest BCUT2D eigenvalue weighted by atomic mass is 35.5. The molecule has 2 aliphatic rings. The number of anilines is 2. The Bertz CT molecular complexity index is 1280. The van der Waals surface area contributed by atoms with Crippen molar-refractivity contribution in [2.75, 3.05) is 37.8 Å². The number of nitrogens with zero attached hydrogens (tertiary/aromatic N) is 4. The Morgan fingerprint density at radius 1 is 0.971 bits per heavy atom. The van der Waals surface area contributed by atoms with E-state index in [2.05, 4.69) is 23.6 Å². The lowest BCUT2D eigenvalue weighted by atomic mass is 10.0. The molecule has 0 unspecified atom stereocenters. The van der Waals surface area contributed by atoms with Gasteiger partial charge in [0, 0.05) is 36.2 Å². The summed E-state index contributed by atoms with van der Waals surface area (Å²) < 4.78 is 2.05. The molecule has 35 heavy (non-hydrogen) atoms. The van der Waals surface area contributed by atoms with Gasteiger partial charge in [-0.15, -0.1) is 0 Å². The van der Waals surface area contributed by atoms with Crippen LogP contribution in [0.3, 0.4) is 0 Å². The van der Waals surface area contributed by atoms with Crippen molar-refractivity contribution in [3.05, 3.63) is 82.1 Å². The van der Waals surface area contributed by atoms with Crippen LogP contribution in [0.25, 0.3) is 0 Å². The lowest BCUT2D eigenvalue weighted by Gasteiger charge is -2.35. The first kappa shape index (κ1) is 23.5. The first-order chi connectivity index (χ1) is 16.8. The average molecular weight is 492 g/mol. The predicted octanol–water partition coefficient (Wildman–Crippen LogP) is 4.10. The van der Waals surface area contributed by atoms with Crippen LogP contribution < -0.4 is 10.6 Å². The Morgan fingerprint density at radius 2 is 1.71 bits per heavy atom. The number of hydrogen-bond donors (Lipinski definition) is 1. The van der Waals surface area contributed by atoms with Crippen LogP contribution >= 0.6 is 11.6 Å². The summed E-state index contributed by atoms with van der Waals surface area (Å²) in [5.74, 6) is -0.150. The van der Waals surface area contributed by atoms with Gasteiger partial charge in [0.15, 0.2) is 0 Å². The van der Waals surface area contributed by atoms with Gasteiger partial charge in [-0.05, 0) is 68.9 Å². The van der Waals surface area contributed by atoms with Gasteiger partial charge in [0.1, 0.15) is 5.69 Å². The molecule has 3 aromatic rings. The lowest BCUT2D eigenvalue weighted by molar-refractivity contribution is 0.0652. The molecule has 0 aliphatic carbocycles. The normalized spacial score (nSPS) is 16.1. The Morgan fingerprint density at radius 3 is 2.43 bits per heavy atom. The molecule has 0 spiro atoms. The Kier molecular flexibility index (Phi) is 6.30. The lowest BCUT2D eigenvalue weighted by Crippen LogP contribution is -2.45. The van der Waals surface area contributed by atoms with Crippen molar-refractivity contribution in [3.8, 4) is 0 Å². The van der Waals surface area contributed by atoms with Gasteiger partial charge in [0.2, 0.25) is 0 Å². The van der Waals surface area contributed by atoms with Crippen molar-refractivity contribution in [3.63, 3.8) is 0 Å². The number of nitrogen functional groups attached to an aromatic ring is 1. The van der Waals surface area contributed by atoms with Crippen molar-refractivity contribution < 1.29 is 9.59 Å². The fourth-order valence-electron chi connectivity index (χ4n) is 5.13. The molecule has 7 nitrogen and oxygen atoms in total. The summed E-state index contributed by atoms with van der Waals surface area (Å²) >= 11 is 6.39. The zero-order chi connectivity index (χ0) is 24.7. The fourth-order valence-corrected chi connectivity index (χ4v) is 5.40. The summed E-state index contributed by atoms with van der Waals surface area (Å²) in [4.78, 5) is 33.1. The molecule has 2 aliphatic heterocycles. The second kappa shape index (κ2) is 9.40. The van der Waals surface area contributed by atoms with Gasteiger partial charge in [-0.1, -0.05) is 29.8 Å². The molecule has 3 heterocycles. The molecule has 8 heteroatoms. The zero-order valence-corrected chi connectivity index (χ0v) is 20.8. The van der Waals surface area contributed by atoms with E-state index in [1.54, 1.807) is 23.1 Å². The molecule has 2 aromatic carbocycles. The maximum absolute atomic E-state index is 13.6. The van der Waals surface area contributed by atoms with Crippen molar-refractivity contribution in [1.29, 1.82) is 0 Å². The number of carbonyl (C=O) groups excluding carboxylic acids is 2. The van der Waals surface area contributed by atoms with E-state index in [1.165, 1.54) is 0 Å². The molecule has 2 N–H and O–H groups in total. The highest BCUT2D eigenvalue weighted by molar-refractivity contribution is 6.34. The van der Waals surface area contributed by atoms with E-state index < -0.39 is 0 Å². The largest absolute Gasteiger partial charge is 0.399 e. The van der Waals surface area contributed by atoms with Crippen LogP contribution in [-0.4, -0.2) is 59.4 Å². The van der Waals surface area contributed by atoms with E-state index in [-0.39, 0.29) is 11.8 Å². The van der Waals surface area contributed by atoms with Crippen molar-refractivity contribution >= 4 is 34.8 Å². The Balaban J connectivity index is 1.47. The number of hydrogen-bond acceptors (Lipinski definition) is 4. The summed E-state index contributed by atoms with van der Waals surface area (Å²) in [6.07, 6.45) is 1.94. The molecule has 0 atom stereocenters. The number of rotatable bonds is 3. The third-order valence-electron chi connectivity index (χ3n) is 7.17. The van der Waals surface area contributed by atoms with E-state index in [9.17, 15) is 9.59 Å². The van der Waals surface area contributed by atoms with E-state index in [4.69, 9.17) is 17.3 Å². The molecule has 5 rings (SSSR count). The first-order valence-corrected chi connectivity index (χ1v) is 12.3. The van der Waals surface area contributed by atoms with E-state index in [0.717, 1.165) is 42.9 Å². The summed E-state index contributed by atoms with van der Waals surface area (Å²) in [6.45, 7) is 2.36. The fraction of sp³-hybridized carbons (Fsp3) is 0.333. The molecule has 1 aromatic heterocycles. The van der Waals surface area contributed by atoms with E-state index >= 15 is 0 Å². The number of carbonyl (C=O) groups is 2. The van der Waals surface area contributed by atoms with Crippen LogP contribution in [0.1, 0.15) is 44.9 Å². The monoisotopic (exact) mass is 491 g/mol. The molecular weight excluding hydrogens is 462 g/mol. The number of halogens is 1. The average Bonchev–Trinajstić information content (AvgIpc) is 3.16. The molecule has 0 bridgehead atoms. The number of fused-ring (bicyclic) bond motifs is 2. The molecule has 182 valence electrons. The predicted molar refractivity (Wildman–Crippen MR) is 139 cm³/mol. The molecule has 1 saturated heterocycles. The van der Waals surface area contributed by atoms with Crippen molar-refractivity contribution in [2.45, 2.75) is 32.0 Å². The quantitative estimate of drug-likeness (QED) is 0.560. The van der Waals surface area contributed by atoms with Crippen LogP contribution in [0, 0.1) is 0 Å². The first-order valence-electron chi connectivity index (χ1n) is 11.9. The van der Waals surface area contributed by atoms with Gasteiger partial charge in [-0.2, -0.15) is 0 Å². The minimum Gasteiger partial charge on any atom is -0.399 e. The van der Waals surface area contributed by atoms with Crippen LogP contribution in [0.5, 0.6) is 0 Å². The van der Waals surface area contributed by atoms with Crippen molar-refractivity contribution in [1.82, 2.24) is 14.4 Å². The molecule has 0 radical (unpaired) electrons. The van der Waals surface area contributed by atoms with Crippen molar-refractivity contribution in [2.24, 2.45) is 0 Å². The maximum atomic E-state index is 13.6. The van der Waals surface area contributed by atoms with Crippen LogP contribution in [-0.2, 0) is 13.1 Å². The van der Waals surface area contributed by atoms with Gasteiger partial charge >= 0.3 is 0 Å². The van der Waals surface area contributed by atoms with Crippen LogP contribution in [0.4, 0.5) is 11.4 Å². The van der Waals surface area contributed by atoms with E-state index in [0.29, 0.717) is 41.1 Å². The second-order valence-electron chi connectivity index (χ2n) is 9.54. The topological polar surface area (TPSA) is 74.8 Å². The third-order valence-corrected chi connectivity index (χ3v) is 7.48. The highest BCUT2D eigenvalue weighted by Gasteiger charge is 2.31. The van der Waals surface area contributed by atoms with Gasteiger partial charge in [0.05, 0.1) is 23.7 Å². The number of aromatic nitrogens is 1. The molecule has 0 saturated carbocycles. The molecular formula is C27H30ClN5O2. The Hall–Kier alpha value is -3.29. The van der Waals surface area contributed by atoms with Gasteiger partial charge < -0.3 is 25.0 Å². The van der Waals surface area contributed by atoms with E-state index in [1.807, 2.05) is 41.3 Å².